The summed E-state index contributed by atoms with van der Waals surface area (Å²) in [6, 6.07) is 0. The molecule has 0 heteroatoms. The summed E-state index contributed by atoms with van der Waals surface area (Å²) in [5.41, 5.74) is 0. The zero-order valence-corrected chi connectivity index (χ0v) is 8.39. The third kappa shape index (κ3) is 3.94. The Kier molecular flexibility index (Phi) is 5.14. The lowest BCUT2D eigenvalue weighted by molar-refractivity contribution is 0.415. The van der Waals surface area contributed by atoms with Gasteiger partial charge in [0.1, 0.15) is 0 Å². The number of allylic oxidation sites excluding steroid dienone is 2. The van der Waals surface area contributed by atoms with E-state index < -0.39 is 0 Å². The molecule has 0 heterocycles. The second-order valence-corrected chi connectivity index (χ2v) is 3.96. The van der Waals surface area contributed by atoms with Gasteiger partial charge in [-0.2, -0.15) is 0 Å². The van der Waals surface area contributed by atoms with Crippen LogP contribution in [0.25, 0.3) is 0 Å². The maximum Gasteiger partial charge on any atom is -0.0348 e. The first kappa shape index (κ1) is 9.83. The van der Waals surface area contributed by atoms with Crippen LogP contribution in [-0.4, -0.2) is 0 Å². The van der Waals surface area contributed by atoms with E-state index in [0.717, 1.165) is 5.92 Å². The van der Waals surface area contributed by atoms with Gasteiger partial charge in [0.25, 0.3) is 0 Å². The topological polar surface area (TPSA) is 0 Å². The van der Waals surface area contributed by atoms with Gasteiger partial charge in [0.15, 0.2) is 0 Å². The second kappa shape index (κ2) is 6.28. The van der Waals surface area contributed by atoms with Gasteiger partial charge in [-0.3, -0.25) is 0 Å². The Morgan fingerprint density at radius 3 is 2.67 bits per heavy atom. The fraction of sp³-hybridized carbons (Fsp3) is 0.833. The summed E-state index contributed by atoms with van der Waals surface area (Å²) in [6.45, 7) is 2.33. The molecule has 0 spiro atoms. The molecule has 1 atom stereocenters. The lowest BCUT2D eigenvalue weighted by Crippen LogP contribution is -1.98. The summed E-state index contributed by atoms with van der Waals surface area (Å²) in [5, 5.41) is 0. The van der Waals surface area contributed by atoms with Crippen LogP contribution in [-0.2, 0) is 0 Å². The average molecular weight is 166 g/mol. The van der Waals surface area contributed by atoms with Gasteiger partial charge in [0, 0.05) is 0 Å². The predicted octanol–water partition coefficient (Wildman–Crippen LogP) is 4.31. The first-order valence-electron chi connectivity index (χ1n) is 5.58. The average Bonchev–Trinajstić information content (AvgIpc) is 2.14. The van der Waals surface area contributed by atoms with E-state index in [-0.39, 0.29) is 0 Å². The predicted molar refractivity (Wildman–Crippen MR) is 55.2 cm³/mol. The SMILES string of the molecule is CCC1CCC=CCCCCC1. The summed E-state index contributed by atoms with van der Waals surface area (Å²) in [5.74, 6) is 1.01. The summed E-state index contributed by atoms with van der Waals surface area (Å²) < 4.78 is 0. The molecule has 0 aromatic carbocycles. The Balaban J connectivity index is 2.27. The third-order valence-electron chi connectivity index (χ3n) is 2.97. The van der Waals surface area contributed by atoms with Gasteiger partial charge < -0.3 is 0 Å². The van der Waals surface area contributed by atoms with E-state index >= 15 is 0 Å². The summed E-state index contributed by atoms with van der Waals surface area (Å²) in [7, 11) is 0. The summed E-state index contributed by atoms with van der Waals surface area (Å²) in [6.07, 6.45) is 16.0. The van der Waals surface area contributed by atoms with Crippen LogP contribution in [0.1, 0.15) is 58.3 Å². The van der Waals surface area contributed by atoms with Crippen LogP contribution >= 0.6 is 0 Å². The Labute approximate surface area is 77.1 Å². The van der Waals surface area contributed by atoms with Crippen LogP contribution in [0.15, 0.2) is 12.2 Å². The number of hydrogen-bond acceptors (Lipinski definition) is 0. The third-order valence-corrected chi connectivity index (χ3v) is 2.97. The van der Waals surface area contributed by atoms with Crippen molar-refractivity contribution in [2.45, 2.75) is 58.3 Å². The molecular weight excluding hydrogens is 144 g/mol. The zero-order valence-electron chi connectivity index (χ0n) is 8.39. The Hall–Kier alpha value is -0.260. The normalized spacial score (nSPS) is 26.9. The molecule has 1 aliphatic rings. The smallest absolute Gasteiger partial charge is 0.0348 e. The van der Waals surface area contributed by atoms with E-state index in [4.69, 9.17) is 0 Å². The van der Waals surface area contributed by atoms with Gasteiger partial charge in [-0.05, 0) is 31.6 Å². The van der Waals surface area contributed by atoms with Crippen molar-refractivity contribution in [3.63, 3.8) is 0 Å². The lowest BCUT2D eigenvalue weighted by Gasteiger charge is -2.14. The maximum absolute atomic E-state index is 2.38. The minimum atomic E-state index is 1.01. The molecule has 0 aromatic heterocycles. The molecule has 0 bridgehead atoms. The molecule has 0 aliphatic heterocycles. The molecule has 0 aromatic rings. The highest BCUT2D eigenvalue weighted by Gasteiger charge is 2.05. The molecule has 0 radical (unpaired) electrons. The first-order chi connectivity index (χ1) is 5.93. The quantitative estimate of drug-likeness (QED) is 0.509. The molecule has 0 saturated carbocycles. The fourth-order valence-electron chi connectivity index (χ4n) is 1.99. The van der Waals surface area contributed by atoms with Gasteiger partial charge in [0.05, 0.1) is 0 Å². The van der Waals surface area contributed by atoms with Crippen LogP contribution in [0, 0.1) is 5.92 Å². The van der Waals surface area contributed by atoms with Crippen molar-refractivity contribution in [2.24, 2.45) is 5.92 Å². The molecule has 1 unspecified atom stereocenters. The van der Waals surface area contributed by atoms with Crippen molar-refractivity contribution in [3.8, 4) is 0 Å². The van der Waals surface area contributed by atoms with Gasteiger partial charge in [-0.15, -0.1) is 0 Å². The molecule has 0 saturated heterocycles. The zero-order chi connectivity index (χ0) is 8.65. The van der Waals surface area contributed by atoms with Crippen molar-refractivity contribution in [1.82, 2.24) is 0 Å². The number of hydrogen-bond donors (Lipinski definition) is 0. The van der Waals surface area contributed by atoms with Crippen molar-refractivity contribution < 1.29 is 0 Å². The van der Waals surface area contributed by atoms with E-state index in [2.05, 4.69) is 19.1 Å². The lowest BCUT2D eigenvalue weighted by atomic mass is 9.92. The standard InChI is InChI=1S/C12H22/c1-2-12-10-8-6-4-3-5-7-9-11-12/h4,6,12H,2-3,5,7-11H2,1H3. The van der Waals surface area contributed by atoms with Crippen molar-refractivity contribution in [1.29, 1.82) is 0 Å². The Morgan fingerprint density at radius 1 is 1.00 bits per heavy atom. The van der Waals surface area contributed by atoms with Gasteiger partial charge in [-0.1, -0.05) is 44.8 Å². The molecule has 70 valence electrons. The van der Waals surface area contributed by atoms with Crippen molar-refractivity contribution >= 4 is 0 Å². The Bertz CT molecular complexity index is 124. The van der Waals surface area contributed by atoms with E-state index in [0.29, 0.717) is 0 Å². The molecule has 0 amide bonds. The molecule has 1 rings (SSSR count). The maximum atomic E-state index is 2.38. The van der Waals surface area contributed by atoms with Crippen LogP contribution < -0.4 is 0 Å². The molecule has 0 nitrogen and oxygen atoms in total. The highest BCUT2D eigenvalue weighted by Crippen LogP contribution is 2.20. The summed E-state index contributed by atoms with van der Waals surface area (Å²) in [4.78, 5) is 0. The van der Waals surface area contributed by atoms with E-state index in [9.17, 15) is 0 Å². The fourth-order valence-corrected chi connectivity index (χ4v) is 1.99. The molecule has 12 heavy (non-hydrogen) atoms. The molecular formula is C12H22. The number of rotatable bonds is 1. The van der Waals surface area contributed by atoms with E-state index in [1.807, 2.05) is 0 Å². The van der Waals surface area contributed by atoms with Crippen LogP contribution in [0.3, 0.4) is 0 Å². The molecule has 0 fully saturated rings. The first-order valence-corrected chi connectivity index (χ1v) is 5.58. The molecule has 0 N–H and O–H groups in total. The minimum absolute atomic E-state index is 1.01. The monoisotopic (exact) mass is 166 g/mol. The van der Waals surface area contributed by atoms with Gasteiger partial charge >= 0.3 is 0 Å². The van der Waals surface area contributed by atoms with Gasteiger partial charge in [-0.25, -0.2) is 0 Å². The van der Waals surface area contributed by atoms with E-state index in [1.165, 1.54) is 51.4 Å². The van der Waals surface area contributed by atoms with E-state index in [1.54, 1.807) is 0 Å². The van der Waals surface area contributed by atoms with Crippen LogP contribution in [0.4, 0.5) is 0 Å². The largest absolute Gasteiger partial charge is 0.0885 e. The van der Waals surface area contributed by atoms with Crippen molar-refractivity contribution in [2.75, 3.05) is 0 Å². The van der Waals surface area contributed by atoms with Crippen LogP contribution in [0.5, 0.6) is 0 Å². The minimum Gasteiger partial charge on any atom is -0.0885 e. The second-order valence-electron chi connectivity index (χ2n) is 3.96. The van der Waals surface area contributed by atoms with Crippen LogP contribution in [0.2, 0.25) is 0 Å². The summed E-state index contributed by atoms with van der Waals surface area (Å²) >= 11 is 0. The van der Waals surface area contributed by atoms with Crippen molar-refractivity contribution in [3.05, 3.63) is 12.2 Å². The highest BCUT2D eigenvalue weighted by atomic mass is 14.1. The van der Waals surface area contributed by atoms with Gasteiger partial charge in [0.2, 0.25) is 0 Å². The highest BCUT2D eigenvalue weighted by molar-refractivity contribution is 4.83. The molecule has 1 aliphatic carbocycles. The Morgan fingerprint density at radius 2 is 1.83 bits per heavy atom.